The van der Waals surface area contributed by atoms with Crippen LogP contribution in [0.5, 0.6) is 23.0 Å². The standard InChI is InChI=1S/C15H14O3.C12H11ClO2.C12H12O3.C9H10O3/c1-5-7-17-14-11(3)9-13(10-12(14)4)15(16)18-8-6-2;2*1-4-5-15-11-8(2)6-10(12(13)14)7-9(11)3;1-5-3-7(9(11)12)4-6(2)8(5)10/h1-2,9-10H,7-8H2,3-4H3;1,6-7H,5H2,2-3H3;1,6-7H,5H2,2-3H3,(H,13,14);3-4,10H,1-2H3,(H,11,12). The monoisotopic (exact) mass is 834 g/mol. The third-order valence-electron chi connectivity index (χ3n) is 8.01. The van der Waals surface area contributed by atoms with Crippen molar-refractivity contribution >= 4 is 34.8 Å². The van der Waals surface area contributed by atoms with Crippen molar-refractivity contribution in [2.75, 3.05) is 26.4 Å². The fourth-order valence-corrected chi connectivity index (χ4v) is 5.61. The van der Waals surface area contributed by atoms with Crippen molar-refractivity contribution < 1.29 is 53.4 Å². The molecule has 0 heterocycles. The van der Waals surface area contributed by atoms with Gasteiger partial charge in [0.2, 0.25) is 0 Å². The van der Waals surface area contributed by atoms with Gasteiger partial charge in [-0.3, -0.25) is 4.79 Å². The van der Waals surface area contributed by atoms with Crippen LogP contribution in [0.4, 0.5) is 0 Å². The lowest BCUT2D eigenvalue weighted by molar-refractivity contribution is 0.0555. The van der Waals surface area contributed by atoms with Crippen LogP contribution in [0.15, 0.2) is 48.5 Å². The van der Waals surface area contributed by atoms with Crippen molar-refractivity contribution in [2.45, 2.75) is 55.4 Å². The molecule has 4 rings (SSSR count). The van der Waals surface area contributed by atoms with E-state index in [0.29, 0.717) is 33.8 Å². The van der Waals surface area contributed by atoms with E-state index in [2.05, 4.69) is 23.7 Å². The number of esters is 1. The Morgan fingerprint density at radius 1 is 0.483 bits per heavy atom. The van der Waals surface area contributed by atoms with E-state index in [9.17, 15) is 24.3 Å². The minimum absolute atomic E-state index is 0.0354. The van der Waals surface area contributed by atoms with Gasteiger partial charge in [0, 0.05) is 5.56 Å². The number of hydrogen-bond donors (Lipinski definition) is 3. The molecule has 0 spiro atoms. The van der Waals surface area contributed by atoms with Crippen LogP contribution in [0, 0.1) is 105 Å². The number of aryl methyl sites for hydroxylation is 8. The van der Waals surface area contributed by atoms with E-state index < -0.39 is 23.2 Å². The minimum Gasteiger partial charge on any atom is -0.507 e. The largest absolute Gasteiger partial charge is 0.507 e. The zero-order valence-corrected chi connectivity index (χ0v) is 35.5. The van der Waals surface area contributed by atoms with Crippen molar-refractivity contribution in [3.05, 3.63) is 115 Å². The maximum Gasteiger partial charge on any atom is 0.339 e. The maximum absolute atomic E-state index is 11.6. The first-order chi connectivity index (χ1) is 28.2. The Bertz CT molecular complexity index is 2210. The second-order valence-corrected chi connectivity index (χ2v) is 13.3. The van der Waals surface area contributed by atoms with E-state index in [-0.39, 0.29) is 43.3 Å². The summed E-state index contributed by atoms with van der Waals surface area (Å²) in [5.74, 6) is 9.30. The van der Waals surface area contributed by atoms with Crippen molar-refractivity contribution in [1.82, 2.24) is 0 Å². The number of terminal acetylenes is 4. The first-order valence-corrected chi connectivity index (χ1v) is 18.2. The minimum atomic E-state index is -0.971. The zero-order valence-electron chi connectivity index (χ0n) is 34.7. The predicted octanol–water partition coefficient (Wildman–Crippen LogP) is 8.52. The van der Waals surface area contributed by atoms with Gasteiger partial charge in [0.25, 0.3) is 5.24 Å². The fourth-order valence-electron chi connectivity index (χ4n) is 5.50. The molecule has 0 aliphatic heterocycles. The number of carboxylic acid groups (broad SMARTS) is 2. The van der Waals surface area contributed by atoms with Gasteiger partial charge in [0.15, 0.2) is 6.61 Å². The van der Waals surface area contributed by atoms with Gasteiger partial charge in [-0.05, 0) is 160 Å². The zero-order chi connectivity index (χ0) is 45.7. The Morgan fingerprint density at radius 3 is 1.02 bits per heavy atom. The molecule has 0 amide bonds. The third-order valence-corrected chi connectivity index (χ3v) is 8.23. The molecular formula is C48H47ClO11. The summed E-state index contributed by atoms with van der Waals surface area (Å²) in [6.07, 6.45) is 20.4. The predicted molar refractivity (Wildman–Crippen MR) is 232 cm³/mol. The SMILES string of the molecule is C#CCOC(=O)c1cc(C)c(OCC#C)c(C)c1.C#CCOc1c(C)cc(C(=O)Cl)cc1C.C#CCOc1c(C)cc(C(=O)O)cc1C.Cc1cc(C(=O)O)cc(C)c1O. The molecule has 0 aliphatic rings. The van der Waals surface area contributed by atoms with Gasteiger partial charge in [-0.15, -0.1) is 25.7 Å². The Hall–Kier alpha value is -7.31. The summed E-state index contributed by atoms with van der Waals surface area (Å²) in [5.41, 5.74) is 7.51. The molecule has 11 nitrogen and oxygen atoms in total. The number of carboxylic acids is 2. The summed E-state index contributed by atoms with van der Waals surface area (Å²) < 4.78 is 21.0. The molecule has 0 atom stereocenters. The van der Waals surface area contributed by atoms with E-state index in [0.717, 1.165) is 39.1 Å². The summed E-state index contributed by atoms with van der Waals surface area (Å²) in [4.78, 5) is 43.9. The highest BCUT2D eigenvalue weighted by atomic mass is 35.5. The smallest absolute Gasteiger partial charge is 0.339 e. The first kappa shape index (κ1) is 50.7. The van der Waals surface area contributed by atoms with E-state index in [4.69, 9.17) is 66.5 Å². The Balaban J connectivity index is 0.000000404. The Kier molecular flexibility index (Phi) is 21.2. The number of halogens is 1. The maximum atomic E-state index is 11.6. The quantitative estimate of drug-likeness (QED) is 0.0753. The number of hydrogen-bond acceptors (Lipinski definition) is 9. The van der Waals surface area contributed by atoms with Gasteiger partial charge in [-0.2, -0.15) is 0 Å². The molecule has 0 aromatic heterocycles. The number of phenols is 1. The topological polar surface area (TPSA) is 166 Å². The number of carbonyl (C=O) groups is 4. The molecule has 4 aromatic rings. The van der Waals surface area contributed by atoms with Gasteiger partial charge in [0.05, 0.1) is 16.7 Å². The third kappa shape index (κ3) is 15.9. The number of ether oxygens (including phenoxy) is 4. The fraction of sp³-hybridized carbons (Fsp3) is 0.250. The van der Waals surface area contributed by atoms with Crippen LogP contribution in [0.3, 0.4) is 0 Å². The lowest BCUT2D eigenvalue weighted by Gasteiger charge is -2.11. The molecule has 3 N–H and O–H groups in total. The summed E-state index contributed by atoms with van der Waals surface area (Å²) in [7, 11) is 0. The molecule has 0 radical (unpaired) electrons. The number of benzene rings is 4. The molecule has 0 saturated carbocycles. The van der Waals surface area contributed by atoms with Gasteiger partial charge in [-0.1, -0.05) is 23.7 Å². The van der Waals surface area contributed by atoms with Crippen LogP contribution in [-0.2, 0) is 4.74 Å². The molecule has 0 fully saturated rings. The highest BCUT2D eigenvalue weighted by Gasteiger charge is 2.14. The number of aromatic carboxylic acids is 2. The Morgan fingerprint density at radius 2 is 0.750 bits per heavy atom. The summed E-state index contributed by atoms with van der Waals surface area (Å²) in [6.45, 7) is 14.9. The molecule has 0 bridgehead atoms. The highest BCUT2D eigenvalue weighted by molar-refractivity contribution is 6.67. The average Bonchev–Trinajstić information content (AvgIpc) is 3.18. The number of aromatic hydroxyl groups is 1. The molecule has 0 saturated heterocycles. The first-order valence-electron chi connectivity index (χ1n) is 17.8. The Labute approximate surface area is 356 Å². The second-order valence-electron chi connectivity index (χ2n) is 12.9. The van der Waals surface area contributed by atoms with Gasteiger partial charge in [-0.25, -0.2) is 14.4 Å². The van der Waals surface area contributed by atoms with Gasteiger partial charge in [0.1, 0.15) is 42.8 Å². The molecule has 312 valence electrons. The van der Waals surface area contributed by atoms with Crippen LogP contribution in [0.2, 0.25) is 0 Å². The van der Waals surface area contributed by atoms with Crippen LogP contribution in [-0.4, -0.2) is 64.9 Å². The lowest BCUT2D eigenvalue weighted by atomic mass is 10.1. The van der Waals surface area contributed by atoms with Crippen LogP contribution in [0.1, 0.15) is 85.9 Å². The van der Waals surface area contributed by atoms with E-state index >= 15 is 0 Å². The normalized spacial score (nSPS) is 9.42. The van der Waals surface area contributed by atoms with Crippen molar-refractivity contribution in [3.63, 3.8) is 0 Å². The lowest BCUT2D eigenvalue weighted by Crippen LogP contribution is -2.07. The van der Waals surface area contributed by atoms with Gasteiger partial charge >= 0.3 is 17.9 Å². The highest BCUT2D eigenvalue weighted by Crippen LogP contribution is 2.27. The summed E-state index contributed by atoms with van der Waals surface area (Å²) >= 11 is 5.39. The van der Waals surface area contributed by atoms with Crippen molar-refractivity contribution in [1.29, 1.82) is 0 Å². The number of rotatable bonds is 11. The van der Waals surface area contributed by atoms with E-state index in [1.807, 2.05) is 27.7 Å². The molecule has 0 unspecified atom stereocenters. The van der Waals surface area contributed by atoms with Crippen molar-refractivity contribution in [3.8, 4) is 72.4 Å². The molecule has 12 heteroatoms. The van der Waals surface area contributed by atoms with Crippen LogP contribution >= 0.6 is 11.6 Å². The number of carbonyl (C=O) groups excluding carboxylic acids is 2. The summed E-state index contributed by atoms with van der Waals surface area (Å²) in [6, 6.07) is 12.8. The molecule has 4 aromatic carbocycles. The summed E-state index contributed by atoms with van der Waals surface area (Å²) in [5, 5.41) is 26.3. The van der Waals surface area contributed by atoms with Crippen LogP contribution < -0.4 is 14.2 Å². The van der Waals surface area contributed by atoms with Gasteiger partial charge < -0.3 is 34.3 Å². The van der Waals surface area contributed by atoms with Crippen molar-refractivity contribution in [2.24, 2.45) is 0 Å². The molecule has 0 aliphatic carbocycles. The van der Waals surface area contributed by atoms with E-state index in [1.165, 1.54) is 12.1 Å². The average molecular weight is 835 g/mol. The molecule has 60 heavy (non-hydrogen) atoms. The second kappa shape index (κ2) is 25.1. The molecular weight excluding hydrogens is 788 g/mol. The number of phenolic OH excluding ortho intramolecular Hbond substituents is 1. The van der Waals surface area contributed by atoms with E-state index in [1.54, 1.807) is 64.1 Å². The van der Waals surface area contributed by atoms with Crippen LogP contribution in [0.25, 0.3) is 0 Å².